The van der Waals surface area contributed by atoms with E-state index in [1.54, 1.807) is 6.08 Å². The predicted molar refractivity (Wildman–Crippen MR) is 107 cm³/mol. The summed E-state index contributed by atoms with van der Waals surface area (Å²) < 4.78 is 0. The highest BCUT2D eigenvalue weighted by molar-refractivity contribution is 6.07. The molecule has 1 heterocycles. The van der Waals surface area contributed by atoms with Crippen molar-refractivity contribution in [1.82, 2.24) is 0 Å². The molecule has 128 valence electrons. The molecule has 3 aromatic rings. The van der Waals surface area contributed by atoms with E-state index in [1.165, 1.54) is 16.8 Å². The van der Waals surface area contributed by atoms with Gasteiger partial charge in [-0.25, -0.2) is 0 Å². The Kier molecular flexibility index (Phi) is 4.65. The van der Waals surface area contributed by atoms with Crippen LogP contribution in [-0.2, 0) is 13.0 Å². The summed E-state index contributed by atoms with van der Waals surface area (Å²) in [6, 6.07) is 26.3. The van der Waals surface area contributed by atoms with Crippen molar-refractivity contribution < 1.29 is 4.79 Å². The van der Waals surface area contributed by atoms with Crippen LogP contribution in [0.5, 0.6) is 0 Å². The van der Waals surface area contributed by atoms with Crippen LogP contribution >= 0.6 is 0 Å². The van der Waals surface area contributed by atoms with E-state index in [9.17, 15) is 4.79 Å². The van der Waals surface area contributed by atoms with Gasteiger partial charge >= 0.3 is 0 Å². The molecule has 0 aliphatic carbocycles. The van der Waals surface area contributed by atoms with Crippen molar-refractivity contribution in [3.05, 3.63) is 107 Å². The van der Waals surface area contributed by atoms with Crippen molar-refractivity contribution in [2.24, 2.45) is 0 Å². The molecule has 0 aromatic heterocycles. The van der Waals surface area contributed by atoms with Crippen molar-refractivity contribution >= 4 is 17.5 Å². The number of hydrogen-bond acceptors (Lipinski definition) is 2. The average Bonchev–Trinajstić information content (AvgIpc) is 2.72. The summed E-state index contributed by atoms with van der Waals surface area (Å²) in [7, 11) is 0. The highest BCUT2D eigenvalue weighted by atomic mass is 16.1. The molecule has 26 heavy (non-hydrogen) atoms. The molecule has 1 aliphatic rings. The molecule has 0 spiro atoms. The van der Waals surface area contributed by atoms with Gasteiger partial charge in [0.15, 0.2) is 5.78 Å². The summed E-state index contributed by atoms with van der Waals surface area (Å²) in [5, 5.41) is 0. The average molecular weight is 339 g/mol. The summed E-state index contributed by atoms with van der Waals surface area (Å²) in [6.45, 7) is 1.90. The largest absolute Gasteiger partial charge is 0.366 e. The van der Waals surface area contributed by atoms with Crippen LogP contribution < -0.4 is 4.90 Å². The van der Waals surface area contributed by atoms with Gasteiger partial charge < -0.3 is 4.90 Å². The van der Waals surface area contributed by atoms with Gasteiger partial charge in [0.25, 0.3) is 0 Å². The third-order valence-electron chi connectivity index (χ3n) is 4.88. The van der Waals surface area contributed by atoms with Crippen molar-refractivity contribution in [1.29, 1.82) is 0 Å². The van der Waals surface area contributed by atoms with E-state index in [2.05, 4.69) is 47.4 Å². The molecule has 0 N–H and O–H groups in total. The number of anilines is 1. The van der Waals surface area contributed by atoms with E-state index in [0.29, 0.717) is 5.56 Å². The highest BCUT2D eigenvalue weighted by Gasteiger charge is 2.17. The minimum absolute atomic E-state index is 0.0318. The minimum Gasteiger partial charge on any atom is -0.366 e. The Labute approximate surface area is 154 Å². The summed E-state index contributed by atoms with van der Waals surface area (Å²) in [4.78, 5) is 14.8. The molecule has 0 unspecified atom stereocenters. The van der Waals surface area contributed by atoms with Crippen molar-refractivity contribution in [2.75, 3.05) is 11.4 Å². The Balaban J connectivity index is 1.58. The Morgan fingerprint density at radius 3 is 2.35 bits per heavy atom. The summed E-state index contributed by atoms with van der Waals surface area (Å²) in [5.41, 5.74) is 5.80. The first-order valence-corrected chi connectivity index (χ1v) is 8.99. The standard InChI is InChI=1S/C24H21NO/c26-24(21-10-2-1-3-11-21)15-14-20-9-6-7-13-23(20)25-17-16-19-8-4-5-12-22(19)18-25/h1-15H,16-18H2/b15-14+. The van der Waals surface area contributed by atoms with Gasteiger partial charge in [0.05, 0.1) is 0 Å². The normalized spacial score (nSPS) is 13.6. The van der Waals surface area contributed by atoms with Crippen molar-refractivity contribution in [3.8, 4) is 0 Å². The number of carbonyl (C=O) groups excluding carboxylic acids is 1. The zero-order chi connectivity index (χ0) is 17.8. The predicted octanol–water partition coefficient (Wildman–Crippen LogP) is 5.15. The van der Waals surface area contributed by atoms with Crippen molar-refractivity contribution in [2.45, 2.75) is 13.0 Å². The number of allylic oxidation sites excluding steroid dienone is 1. The molecule has 2 nitrogen and oxygen atoms in total. The smallest absolute Gasteiger partial charge is 0.185 e. The fourth-order valence-electron chi connectivity index (χ4n) is 3.48. The van der Waals surface area contributed by atoms with Gasteiger partial charge in [-0.2, -0.15) is 0 Å². The molecule has 4 rings (SSSR count). The first-order valence-electron chi connectivity index (χ1n) is 8.99. The maximum absolute atomic E-state index is 12.4. The lowest BCUT2D eigenvalue weighted by Gasteiger charge is -2.31. The van der Waals surface area contributed by atoms with Crippen LogP contribution in [0.25, 0.3) is 6.08 Å². The second kappa shape index (κ2) is 7.40. The van der Waals surface area contributed by atoms with E-state index in [4.69, 9.17) is 0 Å². The van der Waals surface area contributed by atoms with Crippen LogP contribution in [0, 0.1) is 0 Å². The van der Waals surface area contributed by atoms with Gasteiger partial charge in [0.2, 0.25) is 0 Å². The molecule has 0 fully saturated rings. The molecule has 3 aromatic carbocycles. The second-order valence-electron chi connectivity index (χ2n) is 6.56. The van der Waals surface area contributed by atoms with Gasteiger partial charge in [-0.05, 0) is 41.3 Å². The number of carbonyl (C=O) groups is 1. The quantitative estimate of drug-likeness (QED) is 0.484. The number of hydrogen-bond donors (Lipinski definition) is 0. The summed E-state index contributed by atoms with van der Waals surface area (Å²) in [5.74, 6) is 0.0318. The maximum Gasteiger partial charge on any atom is 0.185 e. The van der Waals surface area contributed by atoms with Crippen LogP contribution in [0.2, 0.25) is 0 Å². The molecule has 0 radical (unpaired) electrons. The Hall–Kier alpha value is -3.13. The Morgan fingerprint density at radius 1 is 0.808 bits per heavy atom. The molecular weight excluding hydrogens is 318 g/mol. The number of rotatable bonds is 4. The van der Waals surface area contributed by atoms with E-state index >= 15 is 0 Å². The highest BCUT2D eigenvalue weighted by Crippen LogP contribution is 2.28. The minimum atomic E-state index is 0.0318. The lowest BCUT2D eigenvalue weighted by atomic mass is 9.98. The number of nitrogens with zero attached hydrogens (tertiary/aromatic N) is 1. The molecule has 2 heteroatoms. The molecule has 0 bridgehead atoms. The van der Waals surface area contributed by atoms with Crippen LogP contribution in [0.15, 0.2) is 84.9 Å². The van der Waals surface area contributed by atoms with Gasteiger partial charge in [0, 0.05) is 24.3 Å². The van der Waals surface area contributed by atoms with Gasteiger partial charge in [-0.1, -0.05) is 72.8 Å². The Morgan fingerprint density at radius 2 is 1.50 bits per heavy atom. The zero-order valence-corrected chi connectivity index (χ0v) is 14.6. The fraction of sp³-hybridized carbons (Fsp3) is 0.125. The monoisotopic (exact) mass is 339 g/mol. The lowest BCUT2D eigenvalue weighted by molar-refractivity contribution is 0.104. The molecular formula is C24H21NO. The number of fused-ring (bicyclic) bond motifs is 1. The summed E-state index contributed by atoms with van der Waals surface area (Å²) in [6.07, 6.45) is 4.66. The summed E-state index contributed by atoms with van der Waals surface area (Å²) >= 11 is 0. The van der Waals surface area contributed by atoms with Crippen LogP contribution in [0.1, 0.15) is 27.0 Å². The fourth-order valence-corrected chi connectivity index (χ4v) is 3.48. The van der Waals surface area contributed by atoms with Gasteiger partial charge in [-0.15, -0.1) is 0 Å². The molecule has 1 aliphatic heterocycles. The van der Waals surface area contributed by atoms with Crippen molar-refractivity contribution in [3.63, 3.8) is 0 Å². The molecule has 0 saturated carbocycles. The zero-order valence-electron chi connectivity index (χ0n) is 14.6. The number of para-hydroxylation sites is 1. The van der Waals surface area contributed by atoms with E-state index in [0.717, 1.165) is 25.1 Å². The van der Waals surface area contributed by atoms with Gasteiger partial charge in [-0.3, -0.25) is 4.79 Å². The van der Waals surface area contributed by atoms with E-state index in [-0.39, 0.29) is 5.78 Å². The third kappa shape index (κ3) is 3.45. The van der Waals surface area contributed by atoms with Crippen LogP contribution in [0.4, 0.5) is 5.69 Å². The SMILES string of the molecule is O=C(/C=C/c1ccccc1N1CCc2ccccc2C1)c1ccccc1. The molecule has 0 saturated heterocycles. The van der Waals surface area contributed by atoms with Crippen LogP contribution in [-0.4, -0.2) is 12.3 Å². The van der Waals surface area contributed by atoms with E-state index in [1.807, 2.05) is 42.5 Å². The molecule has 0 amide bonds. The van der Waals surface area contributed by atoms with E-state index < -0.39 is 0 Å². The molecule has 0 atom stereocenters. The second-order valence-corrected chi connectivity index (χ2v) is 6.56. The number of ketones is 1. The van der Waals surface area contributed by atoms with Gasteiger partial charge in [0.1, 0.15) is 0 Å². The van der Waals surface area contributed by atoms with Crippen LogP contribution in [0.3, 0.4) is 0 Å². The first kappa shape index (κ1) is 16.3. The topological polar surface area (TPSA) is 20.3 Å². The first-order chi connectivity index (χ1) is 12.8. The number of benzene rings is 3. The maximum atomic E-state index is 12.4. The lowest BCUT2D eigenvalue weighted by Crippen LogP contribution is -2.30. The third-order valence-corrected chi connectivity index (χ3v) is 4.88. The Bertz CT molecular complexity index is 943.